The van der Waals surface area contributed by atoms with Crippen LogP contribution in [0.15, 0.2) is 24.5 Å². The highest BCUT2D eigenvalue weighted by atomic mass is 16.6. The highest BCUT2D eigenvalue weighted by Crippen LogP contribution is 2.16. The van der Waals surface area contributed by atoms with Crippen LogP contribution < -0.4 is 16.0 Å². The summed E-state index contributed by atoms with van der Waals surface area (Å²) in [6, 6.07) is 4.29. The van der Waals surface area contributed by atoms with E-state index >= 15 is 0 Å². The standard InChI is InChI=1S/C21H27N3O6/c1-21(2,3)30-20(28)22-12-13-5-6-14(9-10-29-4)15(11-13)18(26)23-16-7-8-17(25)24-19(16)27/h5-6,9-11,16H,7-8,12H2,1-4H3,(H,22,28)(H,23,26)(H,24,25,27). The summed E-state index contributed by atoms with van der Waals surface area (Å²) >= 11 is 0. The Bertz CT molecular complexity index is 857. The second-order valence-corrected chi connectivity index (χ2v) is 7.79. The molecule has 0 aromatic heterocycles. The number of carbonyl (C=O) groups is 4. The third kappa shape index (κ3) is 6.91. The van der Waals surface area contributed by atoms with E-state index in [1.165, 1.54) is 13.4 Å². The molecule has 1 aromatic rings. The first-order valence-electron chi connectivity index (χ1n) is 9.52. The van der Waals surface area contributed by atoms with E-state index in [4.69, 9.17) is 9.47 Å². The second kappa shape index (κ2) is 9.91. The van der Waals surface area contributed by atoms with Gasteiger partial charge < -0.3 is 20.1 Å². The fourth-order valence-corrected chi connectivity index (χ4v) is 2.75. The van der Waals surface area contributed by atoms with Crippen molar-refractivity contribution in [1.82, 2.24) is 16.0 Å². The second-order valence-electron chi connectivity index (χ2n) is 7.79. The summed E-state index contributed by atoms with van der Waals surface area (Å²) in [6.07, 6.45) is 2.87. The van der Waals surface area contributed by atoms with Gasteiger partial charge in [0.05, 0.1) is 13.4 Å². The monoisotopic (exact) mass is 417 g/mol. The number of ether oxygens (including phenoxy) is 2. The van der Waals surface area contributed by atoms with Gasteiger partial charge in [0, 0.05) is 18.5 Å². The molecule has 1 aliphatic rings. The Morgan fingerprint density at radius 1 is 1.27 bits per heavy atom. The lowest BCUT2D eigenvalue weighted by molar-refractivity contribution is -0.134. The molecular weight excluding hydrogens is 390 g/mol. The van der Waals surface area contributed by atoms with Crippen molar-refractivity contribution < 1.29 is 28.7 Å². The lowest BCUT2D eigenvalue weighted by Gasteiger charge is -2.22. The largest absolute Gasteiger partial charge is 0.504 e. The van der Waals surface area contributed by atoms with Gasteiger partial charge in [-0.25, -0.2) is 4.79 Å². The number of methoxy groups -OCH3 is 1. The molecule has 30 heavy (non-hydrogen) atoms. The molecule has 1 atom stereocenters. The minimum atomic E-state index is -0.794. The fourth-order valence-electron chi connectivity index (χ4n) is 2.75. The molecule has 2 rings (SSSR count). The SMILES string of the molecule is COC=Cc1ccc(CNC(=O)OC(C)(C)C)cc1C(=O)NC1CCC(=O)NC1=O. The molecule has 1 aromatic carbocycles. The van der Waals surface area contributed by atoms with Crippen LogP contribution in [0.3, 0.4) is 0 Å². The molecule has 0 radical (unpaired) electrons. The molecule has 9 nitrogen and oxygen atoms in total. The van der Waals surface area contributed by atoms with Gasteiger partial charge in [-0.15, -0.1) is 0 Å². The molecule has 3 N–H and O–H groups in total. The predicted octanol–water partition coefficient (Wildman–Crippen LogP) is 1.86. The Hall–Kier alpha value is -3.36. The van der Waals surface area contributed by atoms with E-state index in [2.05, 4.69) is 16.0 Å². The predicted molar refractivity (Wildman–Crippen MR) is 109 cm³/mol. The summed E-state index contributed by atoms with van der Waals surface area (Å²) in [5.41, 5.74) is 0.925. The topological polar surface area (TPSA) is 123 Å². The summed E-state index contributed by atoms with van der Waals surface area (Å²) in [5, 5.41) is 7.51. The minimum Gasteiger partial charge on any atom is -0.504 e. The van der Waals surface area contributed by atoms with Crippen LogP contribution in [0.2, 0.25) is 0 Å². The first-order chi connectivity index (χ1) is 14.1. The van der Waals surface area contributed by atoms with Crippen LogP contribution in [0.25, 0.3) is 6.08 Å². The van der Waals surface area contributed by atoms with Crippen molar-refractivity contribution in [3.05, 3.63) is 41.2 Å². The number of imide groups is 1. The van der Waals surface area contributed by atoms with Crippen LogP contribution in [-0.2, 0) is 25.6 Å². The third-order valence-electron chi connectivity index (χ3n) is 4.13. The Morgan fingerprint density at radius 2 is 2.00 bits per heavy atom. The summed E-state index contributed by atoms with van der Waals surface area (Å²) in [6.45, 7) is 5.45. The number of alkyl carbamates (subject to hydrolysis) is 1. The van der Waals surface area contributed by atoms with Crippen molar-refractivity contribution in [2.24, 2.45) is 0 Å². The number of hydrogen-bond acceptors (Lipinski definition) is 6. The lowest BCUT2D eigenvalue weighted by Crippen LogP contribution is -2.52. The summed E-state index contributed by atoms with van der Waals surface area (Å²) in [7, 11) is 1.48. The highest BCUT2D eigenvalue weighted by Gasteiger charge is 2.28. The van der Waals surface area contributed by atoms with Gasteiger partial charge in [0.15, 0.2) is 0 Å². The zero-order valence-corrected chi connectivity index (χ0v) is 17.5. The maximum Gasteiger partial charge on any atom is 0.407 e. The Labute approximate surface area is 175 Å². The van der Waals surface area contributed by atoms with Crippen LogP contribution in [0.4, 0.5) is 4.79 Å². The van der Waals surface area contributed by atoms with Crippen LogP contribution in [0.1, 0.15) is 55.1 Å². The Balaban J connectivity index is 2.16. The number of amides is 4. The van der Waals surface area contributed by atoms with Crippen molar-refractivity contribution in [2.75, 3.05) is 7.11 Å². The molecule has 0 aliphatic carbocycles. The highest BCUT2D eigenvalue weighted by molar-refractivity contribution is 6.04. The number of hydrogen-bond donors (Lipinski definition) is 3. The van der Waals surface area contributed by atoms with E-state index < -0.39 is 29.6 Å². The van der Waals surface area contributed by atoms with Crippen LogP contribution in [0.5, 0.6) is 0 Å². The maximum atomic E-state index is 12.8. The van der Waals surface area contributed by atoms with Gasteiger partial charge in [0.1, 0.15) is 11.6 Å². The van der Waals surface area contributed by atoms with Gasteiger partial charge in [-0.1, -0.05) is 12.1 Å². The van der Waals surface area contributed by atoms with E-state index in [0.29, 0.717) is 16.7 Å². The number of rotatable bonds is 6. The normalized spacial score (nSPS) is 16.7. The molecule has 4 amide bonds. The Morgan fingerprint density at radius 3 is 2.63 bits per heavy atom. The molecule has 1 unspecified atom stereocenters. The summed E-state index contributed by atoms with van der Waals surface area (Å²) in [5.74, 6) is -1.36. The van der Waals surface area contributed by atoms with Crippen LogP contribution >= 0.6 is 0 Å². The molecule has 1 aliphatic heterocycles. The van der Waals surface area contributed by atoms with E-state index in [1.807, 2.05) is 0 Å². The average Bonchev–Trinajstić information content (AvgIpc) is 2.65. The van der Waals surface area contributed by atoms with Crippen molar-refractivity contribution in [2.45, 2.75) is 51.8 Å². The fraction of sp³-hybridized carbons (Fsp3) is 0.429. The first kappa shape index (κ1) is 22.9. The maximum absolute atomic E-state index is 12.8. The lowest BCUT2D eigenvalue weighted by atomic mass is 10.0. The van der Waals surface area contributed by atoms with E-state index in [9.17, 15) is 19.2 Å². The number of carbonyl (C=O) groups excluding carboxylic acids is 4. The van der Waals surface area contributed by atoms with Crippen molar-refractivity contribution in [3.63, 3.8) is 0 Å². The summed E-state index contributed by atoms with van der Waals surface area (Å²) < 4.78 is 10.1. The zero-order valence-electron chi connectivity index (χ0n) is 17.5. The molecule has 9 heteroatoms. The molecule has 0 saturated carbocycles. The van der Waals surface area contributed by atoms with Gasteiger partial charge in [-0.05, 0) is 50.5 Å². The van der Waals surface area contributed by atoms with Gasteiger partial charge in [-0.3, -0.25) is 19.7 Å². The van der Waals surface area contributed by atoms with Gasteiger partial charge in [-0.2, -0.15) is 0 Å². The molecule has 1 saturated heterocycles. The van der Waals surface area contributed by atoms with E-state index in [1.54, 1.807) is 45.0 Å². The van der Waals surface area contributed by atoms with E-state index in [0.717, 1.165) is 0 Å². The quantitative estimate of drug-likeness (QED) is 0.480. The van der Waals surface area contributed by atoms with Gasteiger partial charge in [0.25, 0.3) is 5.91 Å². The van der Waals surface area contributed by atoms with Crippen molar-refractivity contribution in [3.8, 4) is 0 Å². The first-order valence-corrected chi connectivity index (χ1v) is 9.52. The number of piperidine rings is 1. The molecule has 1 fully saturated rings. The van der Waals surface area contributed by atoms with E-state index in [-0.39, 0.29) is 25.3 Å². The average molecular weight is 417 g/mol. The molecule has 0 spiro atoms. The molecule has 0 bridgehead atoms. The third-order valence-corrected chi connectivity index (χ3v) is 4.13. The summed E-state index contributed by atoms with van der Waals surface area (Å²) in [4.78, 5) is 47.9. The van der Waals surface area contributed by atoms with Crippen molar-refractivity contribution >= 4 is 29.9 Å². The smallest absolute Gasteiger partial charge is 0.407 e. The van der Waals surface area contributed by atoms with Gasteiger partial charge >= 0.3 is 6.09 Å². The number of nitrogens with one attached hydrogen (secondary N) is 3. The molecule has 1 heterocycles. The Kier molecular flexibility index (Phi) is 7.57. The van der Waals surface area contributed by atoms with Crippen LogP contribution in [-0.4, -0.2) is 42.6 Å². The minimum absolute atomic E-state index is 0.155. The van der Waals surface area contributed by atoms with Crippen molar-refractivity contribution in [1.29, 1.82) is 0 Å². The number of benzene rings is 1. The zero-order chi connectivity index (χ0) is 22.3. The molecule has 162 valence electrons. The molecular formula is C21H27N3O6. The van der Waals surface area contributed by atoms with Gasteiger partial charge in [0.2, 0.25) is 11.8 Å². The van der Waals surface area contributed by atoms with Crippen LogP contribution in [0, 0.1) is 0 Å².